The van der Waals surface area contributed by atoms with E-state index in [-0.39, 0.29) is 11.4 Å². The zero-order valence-electron chi connectivity index (χ0n) is 11.7. The van der Waals surface area contributed by atoms with Crippen LogP contribution in [0.1, 0.15) is 16.8 Å². The number of amidine groups is 1. The molecule has 1 aromatic carbocycles. The second-order valence-electron chi connectivity index (χ2n) is 4.76. The number of pyridine rings is 1. The summed E-state index contributed by atoms with van der Waals surface area (Å²) in [5.41, 5.74) is 6.95. The van der Waals surface area contributed by atoms with E-state index in [1.807, 2.05) is 30.1 Å². The molecule has 6 heteroatoms. The molecular weight excluding hydrogens is 271 g/mol. The van der Waals surface area contributed by atoms with Gasteiger partial charge in [-0.15, -0.1) is 0 Å². The highest BCUT2D eigenvalue weighted by molar-refractivity contribution is 5.97. The third-order valence-corrected chi connectivity index (χ3v) is 3.06. The van der Waals surface area contributed by atoms with E-state index in [1.165, 1.54) is 6.07 Å². The number of nitrogens with zero attached hydrogens (tertiary/aromatic N) is 3. The second kappa shape index (κ2) is 6.81. The van der Waals surface area contributed by atoms with Crippen LogP contribution in [0, 0.1) is 5.82 Å². The fraction of sp³-hybridized carbons (Fsp3) is 0.200. The smallest absolute Gasteiger partial charge is 0.173 e. The van der Waals surface area contributed by atoms with Crippen molar-refractivity contribution in [2.24, 2.45) is 10.9 Å². The summed E-state index contributed by atoms with van der Waals surface area (Å²) in [6.07, 6.45) is 1.72. The standard InChI is InChI=1S/C15H17FN4O/c1-20(10-12-6-2-3-8-18-12)9-11-5-4-7-13(14(11)16)15(17)19-21/h2-8,21H,9-10H2,1H3,(H2,17,19). The minimum atomic E-state index is -0.472. The Morgan fingerprint density at radius 1 is 1.29 bits per heavy atom. The molecule has 0 fully saturated rings. The average Bonchev–Trinajstić information content (AvgIpc) is 2.49. The first kappa shape index (κ1) is 14.9. The molecule has 0 aliphatic heterocycles. The molecule has 0 unspecified atom stereocenters. The third kappa shape index (κ3) is 3.76. The lowest BCUT2D eigenvalue weighted by atomic mass is 10.1. The normalized spacial score (nSPS) is 11.9. The number of hydrogen-bond donors (Lipinski definition) is 2. The van der Waals surface area contributed by atoms with E-state index in [2.05, 4.69) is 10.1 Å². The fourth-order valence-corrected chi connectivity index (χ4v) is 2.07. The molecule has 5 nitrogen and oxygen atoms in total. The first-order valence-corrected chi connectivity index (χ1v) is 6.45. The maximum Gasteiger partial charge on any atom is 0.173 e. The summed E-state index contributed by atoms with van der Waals surface area (Å²) in [5.74, 6) is -0.706. The van der Waals surface area contributed by atoms with Crippen molar-refractivity contribution in [2.45, 2.75) is 13.1 Å². The Hall–Kier alpha value is -2.47. The van der Waals surface area contributed by atoms with E-state index in [1.54, 1.807) is 18.3 Å². The summed E-state index contributed by atoms with van der Waals surface area (Å²) in [6, 6.07) is 10.5. The van der Waals surface area contributed by atoms with Gasteiger partial charge in [-0.1, -0.05) is 23.4 Å². The van der Waals surface area contributed by atoms with Crippen LogP contribution in [0.5, 0.6) is 0 Å². The highest BCUT2D eigenvalue weighted by Crippen LogP contribution is 2.15. The van der Waals surface area contributed by atoms with E-state index in [0.717, 1.165) is 5.69 Å². The Balaban J connectivity index is 2.13. The molecule has 0 aliphatic carbocycles. The molecule has 0 bridgehead atoms. The predicted molar refractivity (Wildman–Crippen MR) is 78.3 cm³/mol. The van der Waals surface area contributed by atoms with Crippen LogP contribution in [0.25, 0.3) is 0 Å². The average molecular weight is 288 g/mol. The van der Waals surface area contributed by atoms with Crippen molar-refractivity contribution in [3.05, 3.63) is 65.2 Å². The van der Waals surface area contributed by atoms with Crippen molar-refractivity contribution in [2.75, 3.05) is 7.05 Å². The summed E-state index contributed by atoms with van der Waals surface area (Å²) < 4.78 is 14.3. The molecule has 1 aromatic heterocycles. The van der Waals surface area contributed by atoms with Gasteiger partial charge in [-0.25, -0.2) is 4.39 Å². The summed E-state index contributed by atoms with van der Waals surface area (Å²) in [5, 5.41) is 11.5. The van der Waals surface area contributed by atoms with Gasteiger partial charge in [-0.3, -0.25) is 9.88 Å². The first-order valence-electron chi connectivity index (χ1n) is 6.45. The Kier molecular flexibility index (Phi) is 4.84. The molecule has 0 atom stereocenters. The Labute approximate surface area is 122 Å². The van der Waals surface area contributed by atoms with Gasteiger partial charge in [0.1, 0.15) is 5.82 Å². The van der Waals surface area contributed by atoms with Crippen molar-refractivity contribution < 1.29 is 9.60 Å². The Morgan fingerprint density at radius 2 is 2.10 bits per heavy atom. The minimum Gasteiger partial charge on any atom is -0.409 e. The lowest BCUT2D eigenvalue weighted by Crippen LogP contribution is -2.21. The number of nitrogens with two attached hydrogens (primary N) is 1. The molecule has 0 saturated carbocycles. The molecule has 0 saturated heterocycles. The van der Waals surface area contributed by atoms with Crippen LogP contribution in [-0.4, -0.2) is 28.0 Å². The van der Waals surface area contributed by atoms with Crippen LogP contribution in [0.2, 0.25) is 0 Å². The van der Waals surface area contributed by atoms with Gasteiger partial charge in [0.15, 0.2) is 5.84 Å². The maximum absolute atomic E-state index is 14.3. The van der Waals surface area contributed by atoms with Crippen molar-refractivity contribution in [1.82, 2.24) is 9.88 Å². The molecule has 21 heavy (non-hydrogen) atoms. The van der Waals surface area contributed by atoms with E-state index in [9.17, 15) is 4.39 Å². The topological polar surface area (TPSA) is 74.7 Å². The number of halogens is 1. The Bertz CT molecular complexity index is 631. The molecule has 0 amide bonds. The van der Waals surface area contributed by atoms with Gasteiger partial charge >= 0.3 is 0 Å². The predicted octanol–water partition coefficient (Wildman–Crippen LogP) is 1.95. The van der Waals surface area contributed by atoms with Crippen LogP contribution < -0.4 is 5.73 Å². The lowest BCUT2D eigenvalue weighted by Gasteiger charge is -2.17. The van der Waals surface area contributed by atoms with Crippen LogP contribution in [-0.2, 0) is 13.1 Å². The quantitative estimate of drug-likeness (QED) is 0.382. The summed E-state index contributed by atoms with van der Waals surface area (Å²) >= 11 is 0. The van der Waals surface area contributed by atoms with Crippen molar-refractivity contribution in [3.8, 4) is 0 Å². The number of rotatable bonds is 5. The van der Waals surface area contributed by atoms with Crippen LogP contribution in [0.15, 0.2) is 47.8 Å². The molecule has 1 heterocycles. The fourth-order valence-electron chi connectivity index (χ4n) is 2.07. The maximum atomic E-state index is 14.3. The van der Waals surface area contributed by atoms with E-state index in [4.69, 9.17) is 10.9 Å². The molecule has 0 radical (unpaired) electrons. The number of hydrogen-bond acceptors (Lipinski definition) is 4. The zero-order chi connectivity index (χ0) is 15.2. The molecule has 2 aromatic rings. The van der Waals surface area contributed by atoms with Crippen LogP contribution >= 0.6 is 0 Å². The van der Waals surface area contributed by atoms with Gasteiger partial charge in [0.25, 0.3) is 0 Å². The van der Waals surface area contributed by atoms with Gasteiger partial charge in [0, 0.05) is 24.8 Å². The Morgan fingerprint density at radius 3 is 2.76 bits per heavy atom. The highest BCUT2D eigenvalue weighted by Gasteiger charge is 2.13. The van der Waals surface area contributed by atoms with Gasteiger partial charge in [0.2, 0.25) is 0 Å². The first-order chi connectivity index (χ1) is 10.1. The van der Waals surface area contributed by atoms with Crippen LogP contribution in [0.3, 0.4) is 0 Å². The molecule has 0 spiro atoms. The van der Waals surface area contributed by atoms with Gasteiger partial charge in [0.05, 0.1) is 11.3 Å². The summed E-state index contributed by atoms with van der Waals surface area (Å²) in [6.45, 7) is 1.00. The SMILES string of the molecule is CN(Cc1ccccn1)Cc1cccc(/C(N)=N/O)c1F. The largest absolute Gasteiger partial charge is 0.409 e. The monoisotopic (exact) mass is 288 g/mol. The number of benzene rings is 1. The van der Waals surface area contributed by atoms with Gasteiger partial charge in [-0.05, 0) is 25.2 Å². The van der Waals surface area contributed by atoms with Crippen LogP contribution in [0.4, 0.5) is 4.39 Å². The van der Waals surface area contributed by atoms with Gasteiger partial charge in [-0.2, -0.15) is 0 Å². The second-order valence-corrected chi connectivity index (χ2v) is 4.76. The van der Waals surface area contributed by atoms with Gasteiger partial charge < -0.3 is 10.9 Å². The van der Waals surface area contributed by atoms with Crippen molar-refractivity contribution in [3.63, 3.8) is 0 Å². The zero-order valence-corrected chi connectivity index (χ0v) is 11.7. The molecular formula is C15H17FN4O. The molecule has 3 N–H and O–H groups in total. The summed E-state index contributed by atoms with van der Waals surface area (Å²) in [7, 11) is 1.88. The number of aromatic nitrogens is 1. The van der Waals surface area contributed by atoms with Crippen molar-refractivity contribution in [1.29, 1.82) is 0 Å². The molecule has 0 aliphatic rings. The summed E-state index contributed by atoms with van der Waals surface area (Å²) in [4.78, 5) is 6.18. The third-order valence-electron chi connectivity index (χ3n) is 3.06. The molecule has 2 rings (SSSR count). The minimum absolute atomic E-state index is 0.0984. The lowest BCUT2D eigenvalue weighted by molar-refractivity contribution is 0.309. The van der Waals surface area contributed by atoms with E-state index < -0.39 is 5.82 Å². The number of oxime groups is 1. The highest BCUT2D eigenvalue weighted by atomic mass is 19.1. The van der Waals surface area contributed by atoms with Crippen molar-refractivity contribution >= 4 is 5.84 Å². The molecule has 110 valence electrons. The van der Waals surface area contributed by atoms with E-state index in [0.29, 0.717) is 18.7 Å². The van der Waals surface area contributed by atoms with E-state index >= 15 is 0 Å².